The molecule has 1 aliphatic rings. The predicted octanol–water partition coefficient (Wildman–Crippen LogP) is 2.94. The van der Waals surface area contributed by atoms with Gasteiger partial charge in [-0.1, -0.05) is 6.07 Å². The number of ketones is 1. The molecule has 0 fully saturated rings. The summed E-state index contributed by atoms with van der Waals surface area (Å²) >= 11 is 0. The number of esters is 1. The molecule has 25 heavy (non-hydrogen) atoms. The minimum Gasteiger partial charge on any atom is -0.482 e. The van der Waals surface area contributed by atoms with Gasteiger partial charge in [0.15, 0.2) is 13.2 Å². The Morgan fingerprint density at radius 1 is 1.08 bits per heavy atom. The number of Topliss-reactive ketones (excluding diaryl/α,β-unsaturated/α-hetero) is 1. The number of aryl methyl sites for hydroxylation is 3. The lowest BCUT2D eigenvalue weighted by molar-refractivity contribution is -0.144. The van der Waals surface area contributed by atoms with Gasteiger partial charge in [-0.15, -0.1) is 0 Å². The molecule has 2 aromatic rings. The van der Waals surface area contributed by atoms with Crippen LogP contribution in [0, 0.1) is 13.8 Å². The first-order chi connectivity index (χ1) is 12.0. The maximum absolute atomic E-state index is 12.2. The third-order valence-electron chi connectivity index (χ3n) is 4.87. The smallest absolute Gasteiger partial charge is 0.344 e. The lowest BCUT2D eigenvalue weighted by Gasteiger charge is -2.08. The highest BCUT2D eigenvalue weighted by molar-refractivity contribution is 5.99. The fourth-order valence-corrected chi connectivity index (χ4v) is 3.18. The standard InChI is InChI=1S/C20H23NO4/c1-13-9-18(14(2)21(13)3)19(22)11-25-20(23)12-24-17-8-7-15-5-4-6-16(15)10-17/h7-10H,4-6,11-12H2,1-3H3. The third kappa shape index (κ3) is 3.76. The number of nitrogens with zero attached hydrogens (tertiary/aromatic N) is 1. The fourth-order valence-electron chi connectivity index (χ4n) is 3.18. The van der Waals surface area contributed by atoms with E-state index in [4.69, 9.17) is 9.47 Å². The summed E-state index contributed by atoms with van der Waals surface area (Å²) in [6.07, 6.45) is 3.33. The van der Waals surface area contributed by atoms with Crippen molar-refractivity contribution in [2.45, 2.75) is 33.1 Å². The summed E-state index contributed by atoms with van der Waals surface area (Å²) in [5.74, 6) is -0.0790. The van der Waals surface area contributed by atoms with Crippen LogP contribution < -0.4 is 4.74 Å². The zero-order valence-electron chi connectivity index (χ0n) is 14.9. The molecular formula is C20H23NO4. The zero-order valence-corrected chi connectivity index (χ0v) is 14.9. The Kier molecular flexibility index (Phi) is 4.93. The summed E-state index contributed by atoms with van der Waals surface area (Å²) in [6, 6.07) is 7.72. The van der Waals surface area contributed by atoms with E-state index < -0.39 is 5.97 Å². The molecule has 5 nitrogen and oxygen atoms in total. The van der Waals surface area contributed by atoms with Gasteiger partial charge in [0.1, 0.15) is 5.75 Å². The Bertz CT molecular complexity index is 819. The van der Waals surface area contributed by atoms with Crippen LogP contribution in [0.25, 0.3) is 0 Å². The van der Waals surface area contributed by atoms with Crippen molar-refractivity contribution >= 4 is 11.8 Å². The molecule has 0 spiro atoms. The van der Waals surface area contributed by atoms with Crippen molar-refractivity contribution in [3.63, 3.8) is 0 Å². The van der Waals surface area contributed by atoms with Crippen LogP contribution in [-0.2, 0) is 29.4 Å². The number of carbonyl (C=O) groups is 2. The van der Waals surface area contributed by atoms with Gasteiger partial charge in [-0.05, 0) is 62.4 Å². The number of carbonyl (C=O) groups excluding carboxylic acids is 2. The molecule has 5 heteroatoms. The molecule has 0 N–H and O–H groups in total. The van der Waals surface area contributed by atoms with Crippen molar-refractivity contribution in [1.29, 1.82) is 0 Å². The van der Waals surface area contributed by atoms with Gasteiger partial charge >= 0.3 is 5.97 Å². The first-order valence-electron chi connectivity index (χ1n) is 8.52. The largest absolute Gasteiger partial charge is 0.482 e. The molecule has 1 aliphatic carbocycles. The predicted molar refractivity (Wildman–Crippen MR) is 94.1 cm³/mol. The minimum absolute atomic E-state index is 0.196. The van der Waals surface area contributed by atoms with Crippen LogP contribution in [0.3, 0.4) is 0 Å². The molecule has 0 saturated carbocycles. The quantitative estimate of drug-likeness (QED) is 0.599. The van der Waals surface area contributed by atoms with E-state index in [1.165, 1.54) is 17.5 Å². The molecule has 0 saturated heterocycles. The Morgan fingerprint density at radius 3 is 2.56 bits per heavy atom. The highest BCUT2D eigenvalue weighted by Gasteiger charge is 2.16. The van der Waals surface area contributed by atoms with Crippen LogP contribution in [0.1, 0.15) is 39.3 Å². The van der Waals surface area contributed by atoms with E-state index in [2.05, 4.69) is 0 Å². The van der Waals surface area contributed by atoms with Gasteiger partial charge in [0, 0.05) is 24.0 Å². The number of aromatic nitrogens is 1. The van der Waals surface area contributed by atoms with Crippen molar-refractivity contribution in [2.24, 2.45) is 7.05 Å². The van der Waals surface area contributed by atoms with Gasteiger partial charge < -0.3 is 14.0 Å². The molecule has 132 valence electrons. The van der Waals surface area contributed by atoms with E-state index in [9.17, 15) is 9.59 Å². The third-order valence-corrected chi connectivity index (χ3v) is 4.87. The fraction of sp³-hybridized carbons (Fsp3) is 0.400. The average Bonchev–Trinajstić information content (AvgIpc) is 3.17. The second-order valence-corrected chi connectivity index (χ2v) is 6.50. The summed E-state index contributed by atoms with van der Waals surface area (Å²) < 4.78 is 12.5. The SMILES string of the molecule is Cc1cc(C(=O)COC(=O)COc2ccc3c(c2)CCC3)c(C)n1C. The molecule has 0 bridgehead atoms. The lowest BCUT2D eigenvalue weighted by Crippen LogP contribution is -2.19. The number of hydrogen-bond acceptors (Lipinski definition) is 4. The highest BCUT2D eigenvalue weighted by atomic mass is 16.6. The highest BCUT2D eigenvalue weighted by Crippen LogP contribution is 2.26. The van der Waals surface area contributed by atoms with Gasteiger partial charge in [0.25, 0.3) is 0 Å². The normalized spacial score (nSPS) is 12.8. The first kappa shape index (κ1) is 17.3. The molecule has 1 heterocycles. The van der Waals surface area contributed by atoms with Crippen LogP contribution in [0.2, 0.25) is 0 Å². The summed E-state index contributed by atoms with van der Waals surface area (Å²) in [7, 11) is 1.90. The van der Waals surface area contributed by atoms with Crippen molar-refractivity contribution < 1.29 is 19.1 Å². The van der Waals surface area contributed by atoms with Gasteiger partial charge in [-0.3, -0.25) is 4.79 Å². The second kappa shape index (κ2) is 7.13. The number of ether oxygens (including phenoxy) is 2. The molecule has 1 aromatic carbocycles. The molecule has 3 rings (SSSR count). The van der Waals surface area contributed by atoms with Gasteiger partial charge in [0.05, 0.1) is 0 Å². The van der Waals surface area contributed by atoms with Crippen molar-refractivity contribution in [1.82, 2.24) is 4.57 Å². The van der Waals surface area contributed by atoms with E-state index in [1.54, 1.807) is 0 Å². The number of hydrogen-bond donors (Lipinski definition) is 0. The van der Waals surface area contributed by atoms with Crippen molar-refractivity contribution in [3.8, 4) is 5.75 Å². The Balaban J connectivity index is 1.49. The van der Waals surface area contributed by atoms with E-state index >= 15 is 0 Å². The van der Waals surface area contributed by atoms with Gasteiger partial charge in [-0.25, -0.2) is 4.79 Å². The topological polar surface area (TPSA) is 57.5 Å². The maximum Gasteiger partial charge on any atom is 0.344 e. The van der Waals surface area contributed by atoms with Crippen LogP contribution >= 0.6 is 0 Å². The molecule has 1 aromatic heterocycles. The van der Waals surface area contributed by atoms with E-state index in [0.29, 0.717) is 11.3 Å². The van der Waals surface area contributed by atoms with Gasteiger partial charge in [-0.2, -0.15) is 0 Å². The van der Waals surface area contributed by atoms with Crippen molar-refractivity contribution in [2.75, 3.05) is 13.2 Å². The molecular weight excluding hydrogens is 318 g/mol. The summed E-state index contributed by atoms with van der Waals surface area (Å²) in [6.45, 7) is 3.34. The van der Waals surface area contributed by atoms with E-state index in [1.807, 2.05) is 49.7 Å². The van der Waals surface area contributed by atoms with Crippen molar-refractivity contribution in [3.05, 3.63) is 52.3 Å². The van der Waals surface area contributed by atoms with Crippen LogP contribution in [0.5, 0.6) is 5.75 Å². The maximum atomic E-state index is 12.2. The zero-order chi connectivity index (χ0) is 18.0. The van der Waals surface area contributed by atoms with E-state index in [-0.39, 0.29) is 19.0 Å². The minimum atomic E-state index is -0.542. The average molecular weight is 341 g/mol. The van der Waals surface area contributed by atoms with Gasteiger partial charge in [0.2, 0.25) is 5.78 Å². The molecule has 0 aliphatic heterocycles. The summed E-state index contributed by atoms with van der Waals surface area (Å²) in [5, 5.41) is 0. The Labute approximate surface area is 147 Å². The monoisotopic (exact) mass is 341 g/mol. The van der Waals surface area contributed by atoms with Crippen LogP contribution in [0.15, 0.2) is 24.3 Å². The Hall–Kier alpha value is -2.56. The number of benzene rings is 1. The molecule has 0 atom stereocenters. The molecule has 0 radical (unpaired) electrons. The number of rotatable bonds is 6. The molecule has 0 unspecified atom stereocenters. The summed E-state index contributed by atoms with van der Waals surface area (Å²) in [4.78, 5) is 24.0. The van der Waals surface area contributed by atoms with Crippen LogP contribution in [-0.4, -0.2) is 29.5 Å². The molecule has 0 amide bonds. The second-order valence-electron chi connectivity index (χ2n) is 6.50. The first-order valence-corrected chi connectivity index (χ1v) is 8.52. The summed E-state index contributed by atoms with van der Waals surface area (Å²) in [5.41, 5.74) is 5.09. The van der Waals surface area contributed by atoms with E-state index in [0.717, 1.165) is 24.2 Å². The lowest BCUT2D eigenvalue weighted by atomic mass is 10.1. The van der Waals surface area contributed by atoms with Crippen LogP contribution in [0.4, 0.5) is 0 Å². The number of fused-ring (bicyclic) bond motifs is 1. The Morgan fingerprint density at radius 2 is 1.84 bits per heavy atom.